The molecule has 0 unspecified atom stereocenters. The predicted molar refractivity (Wildman–Crippen MR) is 144 cm³/mol. The fraction of sp³-hybridized carbons (Fsp3) is 0.100. The van der Waals surface area contributed by atoms with Crippen LogP contribution in [0.5, 0.6) is 51.7 Å². The van der Waals surface area contributed by atoms with E-state index in [0.29, 0.717) is 5.56 Å². The standard InChI is InChI=1S/C30H20O13/c1-8-15-13(6-14(32)16(8)30(41)42)21(34)18-19(23(15)36)24(37)17(25(38)26(18)39)12-5-11-4-9-2-3-10(7-31)20(33)28(9)43-29(11)27(40)22(12)35/h2-3,5-6,31-33,35,37-40H,4,7H2,1H3,(H,41,42). The third kappa shape index (κ3) is 3.51. The maximum absolute atomic E-state index is 13.7. The molecule has 6 rings (SSSR count). The Bertz CT molecular complexity index is 2010. The number of carboxylic acid groups (broad SMARTS) is 1. The Kier molecular flexibility index (Phi) is 5.72. The molecule has 0 aromatic heterocycles. The molecule has 1 heterocycles. The Labute approximate surface area is 240 Å². The number of phenols is 7. The van der Waals surface area contributed by atoms with Crippen molar-refractivity contribution < 1.29 is 65.1 Å². The van der Waals surface area contributed by atoms with Gasteiger partial charge < -0.3 is 50.7 Å². The lowest BCUT2D eigenvalue weighted by Gasteiger charge is -2.26. The van der Waals surface area contributed by atoms with Gasteiger partial charge in [0.2, 0.25) is 5.75 Å². The molecule has 13 heteroatoms. The first-order chi connectivity index (χ1) is 20.3. The van der Waals surface area contributed by atoms with E-state index in [1.165, 1.54) is 19.1 Å². The Hall–Kier alpha value is -5.95. The molecule has 43 heavy (non-hydrogen) atoms. The van der Waals surface area contributed by atoms with Crippen LogP contribution in [0.15, 0.2) is 24.3 Å². The number of aromatic carboxylic acids is 1. The first-order valence-electron chi connectivity index (χ1n) is 12.5. The van der Waals surface area contributed by atoms with Crippen LogP contribution in [-0.4, -0.2) is 63.5 Å². The van der Waals surface area contributed by atoms with E-state index in [0.717, 1.165) is 6.07 Å². The minimum absolute atomic E-state index is 0.0192. The van der Waals surface area contributed by atoms with Gasteiger partial charge in [-0.3, -0.25) is 9.59 Å². The smallest absolute Gasteiger partial charge is 0.339 e. The van der Waals surface area contributed by atoms with Gasteiger partial charge in [-0.1, -0.05) is 12.1 Å². The van der Waals surface area contributed by atoms with Crippen molar-refractivity contribution in [2.45, 2.75) is 20.0 Å². The number of fused-ring (bicyclic) bond motifs is 4. The number of carbonyl (C=O) groups is 3. The van der Waals surface area contributed by atoms with Gasteiger partial charge in [0.25, 0.3) is 0 Å². The molecule has 0 spiro atoms. The van der Waals surface area contributed by atoms with Gasteiger partial charge in [-0.15, -0.1) is 0 Å². The van der Waals surface area contributed by atoms with E-state index >= 15 is 0 Å². The van der Waals surface area contributed by atoms with Crippen LogP contribution in [0.1, 0.15) is 64.5 Å². The lowest BCUT2D eigenvalue weighted by Crippen LogP contribution is -2.24. The molecule has 0 saturated heterocycles. The lowest BCUT2D eigenvalue weighted by atomic mass is 9.78. The zero-order valence-corrected chi connectivity index (χ0v) is 21.9. The number of aliphatic hydroxyl groups is 1. The van der Waals surface area contributed by atoms with E-state index in [2.05, 4.69) is 0 Å². The molecule has 13 nitrogen and oxygen atoms in total. The molecule has 0 radical (unpaired) electrons. The number of hydrogen-bond donors (Lipinski definition) is 9. The maximum atomic E-state index is 13.7. The van der Waals surface area contributed by atoms with Crippen LogP contribution in [0.25, 0.3) is 11.1 Å². The van der Waals surface area contributed by atoms with Gasteiger partial charge in [-0.2, -0.15) is 0 Å². The minimum Gasteiger partial charge on any atom is -0.507 e. The van der Waals surface area contributed by atoms with E-state index in [-0.39, 0.29) is 40.4 Å². The minimum atomic E-state index is -1.60. The molecule has 0 atom stereocenters. The summed E-state index contributed by atoms with van der Waals surface area (Å²) in [6, 6.07) is 4.91. The molecule has 0 fully saturated rings. The largest absolute Gasteiger partial charge is 0.507 e. The van der Waals surface area contributed by atoms with Gasteiger partial charge in [0.15, 0.2) is 46.1 Å². The van der Waals surface area contributed by atoms with Crippen LogP contribution in [0.4, 0.5) is 0 Å². The molecule has 0 bridgehead atoms. The van der Waals surface area contributed by atoms with Crippen molar-refractivity contribution in [3.8, 4) is 62.9 Å². The van der Waals surface area contributed by atoms with Gasteiger partial charge in [0.05, 0.1) is 23.3 Å². The second-order valence-electron chi connectivity index (χ2n) is 10.1. The van der Waals surface area contributed by atoms with Crippen LogP contribution in [0.3, 0.4) is 0 Å². The number of ketones is 2. The number of carboxylic acids is 1. The van der Waals surface area contributed by atoms with E-state index in [9.17, 15) is 60.3 Å². The van der Waals surface area contributed by atoms with Gasteiger partial charge >= 0.3 is 5.97 Å². The Morgan fingerprint density at radius 2 is 1.35 bits per heavy atom. The summed E-state index contributed by atoms with van der Waals surface area (Å²) in [6.45, 7) is 0.665. The highest BCUT2D eigenvalue weighted by Crippen LogP contribution is 2.58. The van der Waals surface area contributed by atoms with Gasteiger partial charge in [-0.25, -0.2) is 4.79 Å². The molecule has 4 aromatic rings. The zero-order valence-electron chi connectivity index (χ0n) is 21.9. The summed E-state index contributed by atoms with van der Waals surface area (Å²) in [6.07, 6.45) is -0.0192. The molecule has 9 N–H and O–H groups in total. The number of rotatable bonds is 3. The molecular formula is C30H20O13. The summed E-state index contributed by atoms with van der Waals surface area (Å²) in [5, 5.41) is 94.6. The van der Waals surface area contributed by atoms with Crippen molar-refractivity contribution in [2.75, 3.05) is 0 Å². The number of ether oxygens (including phenoxy) is 1. The van der Waals surface area contributed by atoms with Gasteiger partial charge in [0, 0.05) is 39.8 Å². The Morgan fingerprint density at radius 3 is 2.00 bits per heavy atom. The molecule has 2 aliphatic rings. The van der Waals surface area contributed by atoms with Crippen LogP contribution >= 0.6 is 0 Å². The van der Waals surface area contributed by atoms with E-state index < -0.39 is 97.6 Å². The Balaban J connectivity index is 1.58. The number of hydrogen-bond acceptors (Lipinski definition) is 12. The first-order valence-corrected chi connectivity index (χ1v) is 12.5. The fourth-order valence-corrected chi connectivity index (χ4v) is 5.68. The van der Waals surface area contributed by atoms with Crippen molar-refractivity contribution in [3.05, 3.63) is 74.3 Å². The van der Waals surface area contributed by atoms with Crippen molar-refractivity contribution in [1.29, 1.82) is 0 Å². The van der Waals surface area contributed by atoms with Crippen LogP contribution < -0.4 is 4.74 Å². The van der Waals surface area contributed by atoms with Crippen LogP contribution in [0.2, 0.25) is 0 Å². The third-order valence-corrected chi connectivity index (χ3v) is 7.74. The third-order valence-electron chi connectivity index (χ3n) is 7.74. The highest BCUT2D eigenvalue weighted by molar-refractivity contribution is 6.32. The Morgan fingerprint density at radius 1 is 0.721 bits per heavy atom. The van der Waals surface area contributed by atoms with E-state index in [1.807, 2.05) is 0 Å². The lowest BCUT2D eigenvalue weighted by molar-refractivity contribution is 0.0692. The molecule has 0 amide bonds. The SMILES string of the molecule is Cc1c(C(=O)O)c(O)cc2c1C(=O)c1c(O)c(-c3cc4c(c(O)c3O)Oc3c(ccc(CO)c3O)C4)c(O)c(O)c1C2=O. The maximum Gasteiger partial charge on any atom is 0.339 e. The molecule has 218 valence electrons. The normalized spacial score (nSPS) is 13.1. The zero-order chi connectivity index (χ0) is 31.2. The average molecular weight is 588 g/mol. The number of carbonyl (C=O) groups excluding carboxylic acids is 2. The average Bonchev–Trinajstić information content (AvgIpc) is 2.95. The highest BCUT2D eigenvalue weighted by Gasteiger charge is 2.41. The van der Waals surface area contributed by atoms with E-state index in [4.69, 9.17) is 4.74 Å². The summed E-state index contributed by atoms with van der Waals surface area (Å²) in [5.41, 5.74) is -4.04. The summed E-state index contributed by atoms with van der Waals surface area (Å²) in [7, 11) is 0. The number of phenolic OH excluding ortho intramolecular Hbond substituents is 5. The fourth-order valence-electron chi connectivity index (χ4n) is 5.68. The van der Waals surface area contributed by atoms with Crippen molar-refractivity contribution in [3.63, 3.8) is 0 Å². The van der Waals surface area contributed by atoms with Crippen molar-refractivity contribution in [2.24, 2.45) is 0 Å². The van der Waals surface area contributed by atoms with Crippen LogP contribution in [-0.2, 0) is 13.0 Å². The number of aliphatic hydroxyl groups excluding tert-OH is 1. The van der Waals surface area contributed by atoms with Gasteiger partial charge in [0.1, 0.15) is 17.1 Å². The second-order valence-corrected chi connectivity index (χ2v) is 10.1. The van der Waals surface area contributed by atoms with Crippen molar-refractivity contribution >= 4 is 17.5 Å². The van der Waals surface area contributed by atoms with Gasteiger partial charge in [-0.05, 0) is 24.6 Å². The molecular weight excluding hydrogens is 568 g/mol. The predicted octanol–water partition coefficient (Wildman–Crippen LogP) is 3.26. The summed E-state index contributed by atoms with van der Waals surface area (Å²) >= 11 is 0. The molecule has 1 aliphatic heterocycles. The summed E-state index contributed by atoms with van der Waals surface area (Å²) < 4.78 is 5.64. The quantitative estimate of drug-likeness (QED) is 0.107. The monoisotopic (exact) mass is 588 g/mol. The van der Waals surface area contributed by atoms with E-state index in [1.54, 1.807) is 6.07 Å². The van der Waals surface area contributed by atoms with Crippen molar-refractivity contribution in [1.82, 2.24) is 0 Å². The highest BCUT2D eigenvalue weighted by atomic mass is 16.5. The summed E-state index contributed by atoms with van der Waals surface area (Å²) in [5.74, 6) is -10.7. The summed E-state index contributed by atoms with van der Waals surface area (Å²) in [4.78, 5) is 38.8. The number of aromatic hydroxyl groups is 7. The first kappa shape index (κ1) is 27.2. The van der Waals surface area contributed by atoms with Crippen LogP contribution in [0, 0.1) is 6.92 Å². The molecule has 1 aliphatic carbocycles. The number of benzene rings is 4. The second kappa shape index (κ2) is 9.03. The molecule has 4 aromatic carbocycles. The topological polar surface area (TPSA) is 243 Å². The molecule has 0 saturated carbocycles.